The smallest absolute Gasteiger partial charge is 0.131 e. The van der Waals surface area contributed by atoms with Gasteiger partial charge in [-0.2, -0.15) is 0 Å². The van der Waals surface area contributed by atoms with E-state index in [9.17, 15) is 4.39 Å². The zero-order chi connectivity index (χ0) is 13.1. The summed E-state index contributed by atoms with van der Waals surface area (Å²) in [5.41, 5.74) is 0.730. The van der Waals surface area contributed by atoms with E-state index >= 15 is 0 Å². The van der Waals surface area contributed by atoms with Crippen LogP contribution in [0.5, 0.6) is 5.75 Å². The van der Waals surface area contributed by atoms with Crippen molar-refractivity contribution in [3.05, 3.63) is 29.6 Å². The van der Waals surface area contributed by atoms with Gasteiger partial charge in [0.15, 0.2) is 0 Å². The maximum Gasteiger partial charge on any atom is 0.131 e. The van der Waals surface area contributed by atoms with Crippen LogP contribution >= 0.6 is 15.9 Å². The lowest BCUT2D eigenvalue weighted by molar-refractivity contribution is 0.206. The highest BCUT2D eigenvalue weighted by atomic mass is 79.9. The van der Waals surface area contributed by atoms with Crippen molar-refractivity contribution in [2.75, 3.05) is 20.7 Å². The summed E-state index contributed by atoms with van der Waals surface area (Å²) in [6.45, 7) is 1.69. The van der Waals surface area contributed by atoms with Gasteiger partial charge in [-0.1, -0.05) is 22.0 Å². The lowest BCUT2D eigenvalue weighted by Gasteiger charge is -2.34. The van der Waals surface area contributed by atoms with Gasteiger partial charge in [0.25, 0.3) is 0 Å². The highest BCUT2D eigenvalue weighted by Gasteiger charge is 2.27. The summed E-state index contributed by atoms with van der Waals surface area (Å²) < 4.78 is 18.8. The molecule has 0 amide bonds. The molecule has 1 aliphatic carbocycles. The van der Waals surface area contributed by atoms with E-state index in [1.807, 2.05) is 13.1 Å². The Morgan fingerprint density at radius 2 is 2.17 bits per heavy atom. The Balaban J connectivity index is 1.88. The van der Waals surface area contributed by atoms with Crippen molar-refractivity contribution < 1.29 is 9.13 Å². The number of hydrogen-bond acceptors (Lipinski definition) is 2. The fourth-order valence-electron chi connectivity index (χ4n) is 2.38. The van der Waals surface area contributed by atoms with E-state index in [-0.39, 0.29) is 5.82 Å². The molecule has 0 N–H and O–H groups in total. The third-order valence-corrected chi connectivity index (χ3v) is 4.20. The van der Waals surface area contributed by atoms with E-state index < -0.39 is 0 Å². The minimum absolute atomic E-state index is 0.187. The first kappa shape index (κ1) is 13.8. The Kier molecular flexibility index (Phi) is 4.62. The third-order valence-electron chi connectivity index (χ3n) is 3.45. The molecule has 0 spiro atoms. The van der Waals surface area contributed by atoms with Gasteiger partial charge in [0, 0.05) is 29.5 Å². The zero-order valence-electron chi connectivity index (χ0n) is 10.8. The van der Waals surface area contributed by atoms with Gasteiger partial charge in [0.05, 0.1) is 7.11 Å². The number of alkyl halides is 1. The number of nitrogens with zero attached hydrogens (tertiary/aromatic N) is 1. The summed E-state index contributed by atoms with van der Waals surface area (Å²) in [5.74, 6) is 1.13. The average Bonchev–Trinajstić information content (AvgIpc) is 2.30. The monoisotopic (exact) mass is 315 g/mol. The van der Waals surface area contributed by atoms with E-state index in [1.54, 1.807) is 13.2 Å². The molecular weight excluding hydrogens is 297 g/mol. The fraction of sp³-hybridized carbons (Fsp3) is 0.571. The molecule has 4 heteroatoms. The van der Waals surface area contributed by atoms with Crippen LogP contribution in [0.4, 0.5) is 4.39 Å². The number of methoxy groups -OCH3 is 1. The Hall–Kier alpha value is -0.610. The van der Waals surface area contributed by atoms with Crippen molar-refractivity contribution >= 4 is 15.9 Å². The minimum atomic E-state index is -0.187. The average molecular weight is 316 g/mol. The van der Waals surface area contributed by atoms with Crippen LogP contribution in [0.2, 0.25) is 0 Å². The molecular formula is C14H19BrFNO. The highest BCUT2D eigenvalue weighted by molar-refractivity contribution is 9.09. The molecule has 18 heavy (non-hydrogen) atoms. The van der Waals surface area contributed by atoms with Gasteiger partial charge in [0.2, 0.25) is 0 Å². The lowest BCUT2D eigenvalue weighted by atomic mass is 9.85. The summed E-state index contributed by atoms with van der Waals surface area (Å²) in [4.78, 5) is 2.88. The molecule has 1 aromatic carbocycles. The van der Waals surface area contributed by atoms with Gasteiger partial charge in [-0.25, -0.2) is 4.39 Å². The summed E-state index contributed by atoms with van der Waals surface area (Å²) in [5, 5.41) is 0. The maximum absolute atomic E-state index is 13.8. The van der Waals surface area contributed by atoms with Gasteiger partial charge in [-0.05, 0) is 31.9 Å². The van der Waals surface area contributed by atoms with Crippen LogP contribution in [0.25, 0.3) is 0 Å². The predicted octanol–water partition coefficient (Wildman–Crippen LogP) is 3.44. The van der Waals surface area contributed by atoms with Crippen LogP contribution in [-0.4, -0.2) is 30.4 Å². The van der Waals surface area contributed by atoms with Crippen LogP contribution in [0.1, 0.15) is 18.4 Å². The van der Waals surface area contributed by atoms with Gasteiger partial charge in [-0.15, -0.1) is 0 Å². The van der Waals surface area contributed by atoms with E-state index in [1.165, 1.54) is 18.9 Å². The van der Waals surface area contributed by atoms with Crippen molar-refractivity contribution in [1.29, 1.82) is 0 Å². The Morgan fingerprint density at radius 3 is 2.72 bits per heavy atom. The van der Waals surface area contributed by atoms with Gasteiger partial charge in [0.1, 0.15) is 11.6 Å². The Morgan fingerprint density at radius 1 is 1.44 bits per heavy atom. The van der Waals surface area contributed by atoms with Crippen molar-refractivity contribution in [2.45, 2.75) is 24.2 Å². The van der Waals surface area contributed by atoms with Gasteiger partial charge >= 0.3 is 0 Å². The van der Waals surface area contributed by atoms with E-state index in [2.05, 4.69) is 20.8 Å². The summed E-state index contributed by atoms with van der Waals surface area (Å²) in [6.07, 6.45) is 2.46. The fourth-order valence-corrected chi connectivity index (χ4v) is 3.44. The lowest BCUT2D eigenvalue weighted by Crippen LogP contribution is -2.34. The highest BCUT2D eigenvalue weighted by Crippen LogP contribution is 2.33. The van der Waals surface area contributed by atoms with Crippen molar-refractivity contribution in [2.24, 2.45) is 5.92 Å². The van der Waals surface area contributed by atoms with Crippen LogP contribution < -0.4 is 4.74 Å². The van der Waals surface area contributed by atoms with Crippen LogP contribution in [0.15, 0.2) is 18.2 Å². The van der Waals surface area contributed by atoms with Crippen molar-refractivity contribution in [1.82, 2.24) is 4.90 Å². The van der Waals surface area contributed by atoms with Crippen molar-refractivity contribution in [3.63, 3.8) is 0 Å². The zero-order valence-corrected chi connectivity index (χ0v) is 12.4. The molecule has 0 aromatic heterocycles. The molecule has 1 aromatic rings. The minimum Gasteiger partial charge on any atom is -0.497 e. The normalized spacial score (nSPS) is 22.9. The topological polar surface area (TPSA) is 12.5 Å². The molecule has 0 saturated heterocycles. The van der Waals surface area contributed by atoms with Crippen LogP contribution in [0.3, 0.4) is 0 Å². The van der Waals surface area contributed by atoms with E-state index in [4.69, 9.17) is 4.74 Å². The molecule has 0 aliphatic heterocycles. The van der Waals surface area contributed by atoms with Gasteiger partial charge < -0.3 is 9.64 Å². The molecule has 2 rings (SSSR count). The third kappa shape index (κ3) is 3.45. The van der Waals surface area contributed by atoms with Gasteiger partial charge in [-0.3, -0.25) is 0 Å². The van der Waals surface area contributed by atoms with Crippen molar-refractivity contribution in [3.8, 4) is 5.75 Å². The molecule has 1 fully saturated rings. The number of rotatable bonds is 5. The molecule has 0 unspecified atom stereocenters. The second kappa shape index (κ2) is 6.02. The van der Waals surface area contributed by atoms with E-state index in [0.29, 0.717) is 17.1 Å². The Labute approximate surface area is 116 Å². The molecule has 100 valence electrons. The molecule has 0 atom stereocenters. The van der Waals surface area contributed by atoms with E-state index in [0.717, 1.165) is 18.0 Å². The Bertz CT molecular complexity index is 407. The second-order valence-corrected chi connectivity index (χ2v) is 6.38. The summed E-state index contributed by atoms with van der Waals surface area (Å²) in [6, 6.07) is 5.06. The maximum atomic E-state index is 13.8. The predicted molar refractivity (Wildman–Crippen MR) is 74.7 cm³/mol. The number of halogens is 2. The number of ether oxygens (including phenoxy) is 1. The molecule has 1 saturated carbocycles. The van der Waals surface area contributed by atoms with Crippen LogP contribution in [-0.2, 0) is 6.54 Å². The molecule has 0 bridgehead atoms. The first-order valence-electron chi connectivity index (χ1n) is 6.23. The molecule has 0 heterocycles. The number of hydrogen-bond donors (Lipinski definition) is 0. The van der Waals surface area contributed by atoms with Crippen LogP contribution in [0, 0.1) is 11.7 Å². The molecule has 1 aliphatic rings. The quantitative estimate of drug-likeness (QED) is 0.772. The molecule has 2 nitrogen and oxygen atoms in total. The molecule has 0 radical (unpaired) electrons. The SMILES string of the molecule is COc1ccc(CN(C)CC2CC(Br)C2)c(F)c1. The summed E-state index contributed by atoms with van der Waals surface area (Å²) in [7, 11) is 3.60. The first-order valence-corrected chi connectivity index (χ1v) is 7.15. The first-order chi connectivity index (χ1) is 8.58. The largest absolute Gasteiger partial charge is 0.497 e. The summed E-state index contributed by atoms with van der Waals surface area (Å²) >= 11 is 3.59. The standard InChI is InChI=1S/C14H19BrFNO/c1-17(8-10-5-12(15)6-10)9-11-3-4-13(18-2)7-14(11)16/h3-4,7,10,12H,5-6,8-9H2,1-2H3. The number of benzene rings is 1. The second-order valence-electron chi connectivity index (χ2n) is 5.09.